The molecule has 0 aliphatic carbocycles. The smallest absolute Gasteiger partial charge is 0.509 e. The van der Waals surface area contributed by atoms with Crippen molar-refractivity contribution in [2.45, 2.75) is 25.6 Å². The Bertz CT molecular complexity index is 755. The van der Waals surface area contributed by atoms with Gasteiger partial charge in [-0.25, -0.2) is 4.79 Å². The molecule has 0 aromatic carbocycles. The van der Waals surface area contributed by atoms with Gasteiger partial charge >= 0.3 is 6.16 Å². The summed E-state index contributed by atoms with van der Waals surface area (Å²) in [6.45, 7) is 3.45. The van der Waals surface area contributed by atoms with Crippen LogP contribution < -0.4 is 12.4 Å². The zero-order valence-corrected chi connectivity index (χ0v) is 17.2. The van der Waals surface area contributed by atoms with Crippen molar-refractivity contribution in [1.82, 2.24) is 0 Å². The predicted molar refractivity (Wildman–Crippen MR) is 100 cm³/mol. The lowest BCUT2D eigenvalue weighted by Gasteiger charge is -2.51. The molecule has 0 N–H and O–H groups in total. The molecule has 27 heavy (non-hydrogen) atoms. The van der Waals surface area contributed by atoms with Crippen LogP contribution in [0.3, 0.4) is 0 Å². The van der Waals surface area contributed by atoms with E-state index in [1.807, 2.05) is 35.0 Å². The molecule has 0 unspecified atom stereocenters. The number of Topliss-reactive ketones (excluding diaryl/α,β-unsaturated/α-hetero) is 1. The van der Waals surface area contributed by atoms with E-state index in [0.717, 1.165) is 46.7 Å². The maximum absolute atomic E-state index is 12.6. The minimum Gasteiger partial charge on any atom is -1.00 e. The standard InChI is InChI=1S/C19H22NO4S2.ClH/c21-16(18-4-2-10-26-18)11-20-7-5-14(6-8-20)17(12-20)24-19(22)23-13-15-3-1-9-25-15;/h1-4,9-10,14,17H,5-8,11-13H2;1H/q+1;/p-1/t14?,17-,20?;/m0./s1. The number of quaternary nitrogens is 1. The third-order valence-corrected chi connectivity index (χ3v) is 7.24. The molecule has 0 saturated carbocycles. The molecular weight excluding hydrogens is 406 g/mol. The molecule has 1 atom stereocenters. The first-order chi connectivity index (χ1) is 12.6. The SMILES string of the molecule is O=C(OCc1cccs1)O[C@H]1C[N+]2(CC(=O)c3cccs3)CCC1CC2.[Cl-]. The molecule has 5 rings (SSSR count). The predicted octanol–water partition coefficient (Wildman–Crippen LogP) is 0.959. The van der Waals surface area contributed by atoms with E-state index in [1.54, 1.807) is 11.3 Å². The molecule has 3 fully saturated rings. The zero-order chi connectivity index (χ0) is 18.0. The molecular formula is C19H22ClNO4S2. The van der Waals surface area contributed by atoms with Crippen molar-refractivity contribution >= 4 is 34.6 Å². The lowest BCUT2D eigenvalue weighted by molar-refractivity contribution is -0.938. The average molecular weight is 428 g/mol. The summed E-state index contributed by atoms with van der Waals surface area (Å²) in [7, 11) is 0. The number of carbonyl (C=O) groups is 2. The molecule has 0 amide bonds. The van der Waals surface area contributed by atoms with E-state index in [4.69, 9.17) is 9.47 Å². The number of hydrogen-bond acceptors (Lipinski definition) is 6. The molecule has 2 aromatic rings. The Labute approximate surface area is 172 Å². The van der Waals surface area contributed by atoms with Crippen molar-refractivity contribution < 1.29 is 36.0 Å². The number of ether oxygens (including phenoxy) is 2. The summed E-state index contributed by atoms with van der Waals surface area (Å²) in [5.41, 5.74) is 0. The number of carbonyl (C=O) groups excluding carboxylic acids is 2. The maximum Gasteiger partial charge on any atom is 0.509 e. The number of hydrogen-bond donors (Lipinski definition) is 0. The fourth-order valence-electron chi connectivity index (χ4n) is 4.08. The van der Waals surface area contributed by atoms with Gasteiger partial charge in [0.2, 0.25) is 5.78 Å². The molecule has 3 aliphatic rings. The Morgan fingerprint density at radius 1 is 1.11 bits per heavy atom. The third-order valence-electron chi connectivity index (χ3n) is 5.48. The van der Waals surface area contributed by atoms with Gasteiger partial charge in [0.15, 0.2) is 6.10 Å². The topological polar surface area (TPSA) is 52.6 Å². The van der Waals surface area contributed by atoms with E-state index < -0.39 is 6.16 Å². The van der Waals surface area contributed by atoms with E-state index >= 15 is 0 Å². The van der Waals surface area contributed by atoms with Gasteiger partial charge in [-0.05, 0) is 22.9 Å². The van der Waals surface area contributed by atoms with Gasteiger partial charge in [0.25, 0.3) is 0 Å². The molecule has 0 spiro atoms. The first-order valence-electron chi connectivity index (χ1n) is 8.91. The molecule has 3 aliphatic heterocycles. The maximum atomic E-state index is 12.6. The van der Waals surface area contributed by atoms with Crippen molar-refractivity contribution in [2.24, 2.45) is 5.92 Å². The summed E-state index contributed by atoms with van der Waals surface area (Å²) in [6.07, 6.45) is 1.26. The Balaban J connectivity index is 0.00000210. The lowest BCUT2D eigenvalue weighted by Crippen LogP contribution is -3.00. The summed E-state index contributed by atoms with van der Waals surface area (Å²) >= 11 is 3.05. The van der Waals surface area contributed by atoms with E-state index in [0.29, 0.717) is 12.5 Å². The Morgan fingerprint density at radius 3 is 2.52 bits per heavy atom. The fraction of sp³-hybridized carbons (Fsp3) is 0.474. The minimum atomic E-state index is -0.597. The second-order valence-corrected chi connectivity index (χ2v) is 9.12. The summed E-state index contributed by atoms with van der Waals surface area (Å²) in [5, 5.41) is 3.89. The second-order valence-electron chi connectivity index (χ2n) is 7.14. The van der Waals surface area contributed by atoms with Crippen molar-refractivity contribution in [1.29, 1.82) is 0 Å². The molecule has 146 valence electrons. The largest absolute Gasteiger partial charge is 1.00 e. The number of rotatable bonds is 6. The highest BCUT2D eigenvalue weighted by molar-refractivity contribution is 7.12. The van der Waals surface area contributed by atoms with Gasteiger partial charge in [-0.15, -0.1) is 22.7 Å². The van der Waals surface area contributed by atoms with E-state index in [-0.39, 0.29) is 30.9 Å². The number of fused-ring (bicyclic) bond motifs is 3. The molecule has 5 heterocycles. The highest BCUT2D eigenvalue weighted by Gasteiger charge is 2.48. The molecule has 2 bridgehead atoms. The first kappa shape index (κ1) is 20.3. The van der Waals surface area contributed by atoms with Crippen LogP contribution in [0.15, 0.2) is 35.0 Å². The monoisotopic (exact) mass is 427 g/mol. The Kier molecular flexibility index (Phi) is 6.57. The average Bonchev–Trinajstić information content (AvgIpc) is 3.34. The Hall–Kier alpha value is -1.41. The van der Waals surface area contributed by atoms with Crippen LogP contribution >= 0.6 is 22.7 Å². The Morgan fingerprint density at radius 2 is 1.85 bits per heavy atom. The van der Waals surface area contributed by atoms with Crippen LogP contribution in [-0.2, 0) is 16.1 Å². The van der Waals surface area contributed by atoms with E-state index in [2.05, 4.69) is 0 Å². The molecule has 8 heteroatoms. The van der Waals surface area contributed by atoms with Crippen LogP contribution in [0.1, 0.15) is 27.4 Å². The van der Waals surface area contributed by atoms with Gasteiger partial charge < -0.3 is 26.4 Å². The molecule has 0 radical (unpaired) electrons. The highest BCUT2D eigenvalue weighted by Crippen LogP contribution is 2.36. The van der Waals surface area contributed by atoms with Gasteiger partial charge in [-0.2, -0.15) is 0 Å². The molecule has 5 nitrogen and oxygen atoms in total. The number of nitrogens with zero attached hydrogens (tertiary/aromatic N) is 1. The summed E-state index contributed by atoms with van der Waals surface area (Å²) in [6, 6.07) is 7.66. The van der Waals surface area contributed by atoms with Crippen LogP contribution in [0.2, 0.25) is 0 Å². The van der Waals surface area contributed by atoms with Gasteiger partial charge in [0.1, 0.15) is 19.7 Å². The number of thiophene rings is 2. The second kappa shape index (κ2) is 8.73. The van der Waals surface area contributed by atoms with Gasteiger partial charge in [-0.1, -0.05) is 12.1 Å². The molecule has 2 aromatic heterocycles. The number of halogens is 1. The number of piperidine rings is 3. The van der Waals surface area contributed by atoms with Crippen LogP contribution in [0.4, 0.5) is 4.79 Å². The third kappa shape index (κ3) is 4.71. The summed E-state index contributed by atoms with van der Waals surface area (Å²) in [4.78, 5) is 26.5. The number of ketones is 1. The zero-order valence-electron chi connectivity index (χ0n) is 14.8. The van der Waals surface area contributed by atoms with Crippen LogP contribution in [0, 0.1) is 5.92 Å². The van der Waals surface area contributed by atoms with Crippen molar-refractivity contribution in [3.8, 4) is 0 Å². The minimum absolute atomic E-state index is 0. The highest BCUT2D eigenvalue weighted by atomic mass is 35.5. The fourth-order valence-corrected chi connectivity index (χ4v) is 5.35. The molecule has 3 saturated heterocycles. The summed E-state index contributed by atoms with van der Waals surface area (Å²) in [5.74, 6) is 0.584. The first-order valence-corrected chi connectivity index (χ1v) is 10.7. The van der Waals surface area contributed by atoms with Crippen LogP contribution in [0.5, 0.6) is 0 Å². The quantitative estimate of drug-likeness (QED) is 0.391. The van der Waals surface area contributed by atoms with Crippen molar-refractivity contribution in [3.63, 3.8) is 0 Å². The van der Waals surface area contributed by atoms with Crippen molar-refractivity contribution in [2.75, 3.05) is 26.2 Å². The van der Waals surface area contributed by atoms with E-state index in [9.17, 15) is 9.59 Å². The summed E-state index contributed by atoms with van der Waals surface area (Å²) < 4.78 is 11.6. The van der Waals surface area contributed by atoms with Crippen molar-refractivity contribution in [3.05, 3.63) is 44.8 Å². The van der Waals surface area contributed by atoms with Gasteiger partial charge in [0.05, 0.1) is 18.0 Å². The van der Waals surface area contributed by atoms with Crippen LogP contribution in [0.25, 0.3) is 0 Å². The normalized spacial score (nSPS) is 26.2. The van der Waals surface area contributed by atoms with E-state index in [1.165, 1.54) is 11.3 Å². The van der Waals surface area contributed by atoms with Crippen LogP contribution in [-0.4, -0.2) is 48.7 Å². The van der Waals surface area contributed by atoms with Gasteiger partial charge in [-0.3, -0.25) is 4.79 Å². The van der Waals surface area contributed by atoms with Gasteiger partial charge in [0, 0.05) is 23.6 Å². The lowest BCUT2D eigenvalue weighted by atomic mass is 9.83.